The van der Waals surface area contributed by atoms with Crippen LogP contribution < -0.4 is 9.80 Å². The summed E-state index contributed by atoms with van der Waals surface area (Å²) in [6.07, 6.45) is 17.1. The van der Waals surface area contributed by atoms with Crippen molar-refractivity contribution < 1.29 is 8.83 Å². The maximum absolute atomic E-state index is 6.97. The molecule has 0 amide bonds. The highest BCUT2D eigenvalue weighted by molar-refractivity contribution is 6.10. The molecular weight excluding hydrogens is 1010 g/mol. The monoisotopic (exact) mass is 1070 g/mol. The second-order valence-electron chi connectivity index (χ2n) is 21.7. The molecule has 1 atom stereocenters. The van der Waals surface area contributed by atoms with E-state index in [0.29, 0.717) is 6.42 Å². The molecule has 2 aliphatic heterocycles. The van der Waals surface area contributed by atoms with Crippen LogP contribution in [0.15, 0.2) is 305 Å². The second-order valence-corrected chi connectivity index (χ2v) is 21.7. The van der Waals surface area contributed by atoms with Gasteiger partial charge in [0.1, 0.15) is 22.5 Å². The van der Waals surface area contributed by atoms with Crippen molar-refractivity contribution in [3.63, 3.8) is 0 Å². The quantitative estimate of drug-likeness (QED) is 0.137. The van der Waals surface area contributed by atoms with Crippen LogP contribution in [0.1, 0.15) is 48.3 Å². The van der Waals surface area contributed by atoms with E-state index in [1.165, 1.54) is 22.3 Å². The Morgan fingerprint density at radius 1 is 0.518 bits per heavy atom. The van der Waals surface area contributed by atoms with Gasteiger partial charge in [-0.3, -0.25) is 0 Å². The first-order valence-electron chi connectivity index (χ1n) is 28.8. The van der Waals surface area contributed by atoms with Crippen LogP contribution >= 0.6 is 0 Å². The lowest BCUT2D eigenvalue weighted by Gasteiger charge is -2.53. The van der Waals surface area contributed by atoms with E-state index in [-0.39, 0.29) is 0 Å². The third kappa shape index (κ3) is 7.97. The summed E-state index contributed by atoms with van der Waals surface area (Å²) in [5, 5.41) is 3.33. The number of nitrogens with zero attached hydrogens (tertiary/aromatic N) is 2. The molecule has 396 valence electrons. The standard InChI is InChI=1S/C79H58N2O2/c1-4-21-71-68(49-52-23-10-7-11-24-52)79(67-34-20-35-72(67)80(71)59-43-37-55(38-44-59)53-25-12-8-13-26-53)69-50-57(62-30-18-32-65-61(6-3)75(22-5-2)82-77(62)65)41-47-73(69)81(60-45-39-56(40-46-60)54-27-14-9-15-28-54)74-48-42-58(51-70(74)79)63-31-19-33-66-64-29-16-17-36-76(64)83-78(63)66/h4-5,7-33,35-51H,1,6,34H2,2-3H3/b22-5-,68-49+,71-21?. The summed E-state index contributed by atoms with van der Waals surface area (Å²) < 4.78 is 13.9. The van der Waals surface area contributed by atoms with Gasteiger partial charge in [-0.25, -0.2) is 0 Å². The van der Waals surface area contributed by atoms with E-state index in [0.717, 1.165) is 135 Å². The fourth-order valence-electron chi connectivity index (χ4n) is 13.6. The molecule has 2 aromatic heterocycles. The topological polar surface area (TPSA) is 32.8 Å². The molecule has 4 heterocycles. The molecule has 4 heteroatoms. The van der Waals surface area contributed by atoms with Crippen LogP contribution in [0, 0.1) is 0 Å². The van der Waals surface area contributed by atoms with Crippen LogP contribution in [-0.4, -0.2) is 0 Å². The van der Waals surface area contributed by atoms with Gasteiger partial charge in [-0.05, 0) is 160 Å². The normalized spacial score (nSPS) is 16.5. The first-order chi connectivity index (χ1) is 41.0. The van der Waals surface area contributed by atoms with E-state index in [1.807, 2.05) is 6.08 Å². The van der Waals surface area contributed by atoms with Crippen molar-refractivity contribution in [2.75, 3.05) is 9.80 Å². The van der Waals surface area contributed by atoms with Crippen molar-refractivity contribution in [1.82, 2.24) is 0 Å². The number of para-hydroxylation sites is 3. The van der Waals surface area contributed by atoms with Crippen molar-refractivity contribution in [2.45, 2.75) is 32.1 Å². The first-order valence-corrected chi connectivity index (χ1v) is 28.8. The van der Waals surface area contributed by atoms with Crippen molar-refractivity contribution in [3.05, 3.63) is 324 Å². The molecule has 0 fully saturated rings. The van der Waals surface area contributed by atoms with Gasteiger partial charge in [-0.1, -0.05) is 214 Å². The molecule has 1 aliphatic carbocycles. The molecule has 0 bridgehead atoms. The molecule has 10 aromatic carbocycles. The lowest BCUT2D eigenvalue weighted by atomic mass is 9.58. The van der Waals surface area contributed by atoms with Gasteiger partial charge in [0.05, 0.1) is 22.5 Å². The van der Waals surface area contributed by atoms with Crippen LogP contribution in [0.2, 0.25) is 0 Å². The number of aryl methyl sites for hydroxylation is 1. The minimum absolute atomic E-state index is 0.708. The molecule has 83 heavy (non-hydrogen) atoms. The smallest absolute Gasteiger partial charge is 0.143 e. The van der Waals surface area contributed by atoms with E-state index in [9.17, 15) is 0 Å². The van der Waals surface area contributed by atoms with Crippen LogP contribution in [0.3, 0.4) is 0 Å². The highest BCUT2D eigenvalue weighted by Gasteiger charge is 2.55. The zero-order chi connectivity index (χ0) is 55.6. The van der Waals surface area contributed by atoms with E-state index in [1.54, 1.807) is 0 Å². The highest BCUT2D eigenvalue weighted by atomic mass is 16.3. The van der Waals surface area contributed by atoms with Gasteiger partial charge in [-0.15, -0.1) is 0 Å². The molecule has 0 saturated heterocycles. The van der Waals surface area contributed by atoms with Gasteiger partial charge < -0.3 is 18.6 Å². The molecule has 1 unspecified atom stereocenters. The number of allylic oxidation sites excluding steroid dienone is 7. The molecule has 1 spiro atoms. The Kier molecular flexibility index (Phi) is 12.1. The van der Waals surface area contributed by atoms with Gasteiger partial charge in [0.2, 0.25) is 0 Å². The molecule has 0 N–H and O–H groups in total. The minimum atomic E-state index is -0.912. The molecule has 0 saturated carbocycles. The Morgan fingerprint density at radius 2 is 1.05 bits per heavy atom. The average Bonchev–Trinajstić information content (AvgIpc) is 2.34. The SMILES string of the molecule is C=CC=C1/C(=C\c2ccccc2)C2(C3=C(C=CC3)N1c1ccc(-c3ccccc3)cc1)c1cc(-c3cccc4c(CC)c(/C=C\C)oc34)ccc1N(c1ccc(-c3ccccc3)cc1)c1ccc(-c3cccc4c3oc3ccccc34)cc12. The Bertz CT molecular complexity index is 4680. The van der Waals surface area contributed by atoms with Gasteiger partial charge >= 0.3 is 0 Å². The molecule has 15 rings (SSSR count). The highest BCUT2D eigenvalue weighted by Crippen LogP contribution is 2.65. The predicted octanol–water partition coefficient (Wildman–Crippen LogP) is 21.6. The molecule has 12 aromatic rings. The summed E-state index contributed by atoms with van der Waals surface area (Å²) in [6, 6.07) is 86.2. The number of anilines is 4. The first kappa shape index (κ1) is 49.6. The van der Waals surface area contributed by atoms with Crippen molar-refractivity contribution >= 4 is 67.8 Å². The van der Waals surface area contributed by atoms with Gasteiger partial charge in [0, 0.05) is 49.9 Å². The number of benzene rings is 10. The summed E-state index contributed by atoms with van der Waals surface area (Å²) in [4.78, 5) is 4.98. The van der Waals surface area contributed by atoms with Crippen LogP contribution in [0.25, 0.3) is 89.6 Å². The zero-order valence-corrected chi connectivity index (χ0v) is 46.4. The number of hydrogen-bond acceptors (Lipinski definition) is 4. The van der Waals surface area contributed by atoms with Crippen LogP contribution in [0.4, 0.5) is 22.7 Å². The van der Waals surface area contributed by atoms with E-state index < -0.39 is 5.41 Å². The Labute approximate surface area is 484 Å². The summed E-state index contributed by atoms with van der Waals surface area (Å²) in [5.41, 5.74) is 24.1. The van der Waals surface area contributed by atoms with Crippen LogP contribution in [-0.2, 0) is 11.8 Å². The lowest BCUT2D eigenvalue weighted by Crippen LogP contribution is -2.46. The maximum Gasteiger partial charge on any atom is 0.143 e. The second kappa shape index (κ2) is 20.3. The number of rotatable bonds is 10. The fraction of sp³-hybridized carbons (Fsp3) is 0.0633. The van der Waals surface area contributed by atoms with E-state index in [4.69, 9.17) is 8.83 Å². The molecular formula is C79H58N2O2. The summed E-state index contributed by atoms with van der Waals surface area (Å²) in [7, 11) is 0. The van der Waals surface area contributed by atoms with Crippen molar-refractivity contribution in [2.24, 2.45) is 0 Å². The molecule has 0 radical (unpaired) electrons. The largest absolute Gasteiger partial charge is 0.456 e. The summed E-state index contributed by atoms with van der Waals surface area (Å²) >= 11 is 0. The zero-order valence-electron chi connectivity index (χ0n) is 46.4. The maximum atomic E-state index is 6.97. The summed E-state index contributed by atoms with van der Waals surface area (Å²) in [6.45, 7) is 8.75. The van der Waals surface area contributed by atoms with Crippen LogP contribution in [0.5, 0.6) is 0 Å². The average molecular weight is 1070 g/mol. The number of furan rings is 2. The Balaban J connectivity index is 1.08. The summed E-state index contributed by atoms with van der Waals surface area (Å²) in [5.74, 6) is 0.904. The van der Waals surface area contributed by atoms with Crippen molar-refractivity contribution in [3.8, 4) is 44.5 Å². The van der Waals surface area contributed by atoms with Crippen molar-refractivity contribution in [1.29, 1.82) is 0 Å². The Hall–Kier alpha value is -10.4. The fourth-order valence-corrected chi connectivity index (χ4v) is 13.6. The third-order valence-electron chi connectivity index (χ3n) is 17.2. The Morgan fingerprint density at radius 3 is 1.65 bits per heavy atom. The minimum Gasteiger partial charge on any atom is -0.456 e. The molecule has 4 nitrogen and oxygen atoms in total. The molecule has 3 aliphatic rings. The van der Waals surface area contributed by atoms with E-state index in [2.05, 4.69) is 303 Å². The van der Waals surface area contributed by atoms with Gasteiger partial charge in [0.15, 0.2) is 0 Å². The number of hydrogen-bond donors (Lipinski definition) is 0. The third-order valence-corrected chi connectivity index (χ3v) is 17.2. The number of fused-ring (bicyclic) bond motifs is 9. The lowest BCUT2D eigenvalue weighted by molar-refractivity contribution is 0.600. The van der Waals surface area contributed by atoms with E-state index >= 15 is 0 Å². The van der Waals surface area contributed by atoms with Gasteiger partial charge in [-0.2, -0.15) is 0 Å². The van der Waals surface area contributed by atoms with Gasteiger partial charge in [0.25, 0.3) is 0 Å². The predicted molar refractivity (Wildman–Crippen MR) is 347 cm³/mol.